The second-order valence-electron chi connectivity index (χ2n) is 16.9. The Balaban J connectivity index is 0.802. The number of hydrogen-bond donors (Lipinski definition) is 2. The van der Waals surface area contributed by atoms with Gasteiger partial charge in [0.2, 0.25) is 5.88 Å². The number of carbonyl (C=O) groups excluding carboxylic acids is 1. The third-order valence-corrected chi connectivity index (χ3v) is 13.7. The zero-order chi connectivity index (χ0) is 47.9. The molecule has 67 heavy (non-hydrogen) atoms. The maximum Gasteiger partial charge on any atom is 0.417 e. The van der Waals surface area contributed by atoms with Crippen molar-refractivity contribution < 1.29 is 45.7 Å². The van der Waals surface area contributed by atoms with E-state index in [1.807, 2.05) is 28.8 Å². The monoisotopic (exact) mass is 943 g/mol. The Hall–Kier alpha value is -6.33. The van der Waals surface area contributed by atoms with Crippen molar-refractivity contribution in [2.45, 2.75) is 68.2 Å². The number of imidazole rings is 1. The molecule has 3 aromatic heterocycles. The molecule has 0 radical (unpaired) electrons. The highest BCUT2D eigenvalue weighted by atomic mass is 32.2. The van der Waals surface area contributed by atoms with Crippen LogP contribution in [0, 0.1) is 11.3 Å². The summed E-state index contributed by atoms with van der Waals surface area (Å²) in [6.07, 6.45) is 3.68. The number of hydrogen-bond acceptors (Lipinski definition) is 12. The Morgan fingerprint density at radius 2 is 1.66 bits per heavy atom. The van der Waals surface area contributed by atoms with Gasteiger partial charge in [0.25, 0.3) is 5.91 Å². The fourth-order valence-corrected chi connectivity index (χ4v) is 9.67. The van der Waals surface area contributed by atoms with Crippen LogP contribution in [0.4, 0.5) is 18.9 Å². The van der Waals surface area contributed by atoms with Crippen LogP contribution in [-0.4, -0.2) is 101 Å². The van der Waals surface area contributed by atoms with E-state index in [9.17, 15) is 36.3 Å². The molecular formula is C48H52F3N7O8S. The minimum atomic E-state index is -4.87. The first-order valence-electron chi connectivity index (χ1n) is 21.9. The summed E-state index contributed by atoms with van der Waals surface area (Å²) in [5.41, 5.74) is -0.470. The van der Waals surface area contributed by atoms with E-state index >= 15 is 0 Å². The molecule has 3 aromatic carbocycles. The van der Waals surface area contributed by atoms with Gasteiger partial charge >= 0.3 is 11.9 Å². The number of rotatable bonds is 19. The van der Waals surface area contributed by atoms with Gasteiger partial charge in [0.15, 0.2) is 15.4 Å². The molecule has 0 saturated carbocycles. The van der Waals surface area contributed by atoms with Gasteiger partial charge in [-0.15, -0.1) is 0 Å². The van der Waals surface area contributed by atoms with Crippen LogP contribution in [0.15, 0.2) is 94.9 Å². The van der Waals surface area contributed by atoms with Crippen LogP contribution in [0.5, 0.6) is 11.6 Å². The van der Waals surface area contributed by atoms with Crippen molar-refractivity contribution in [2.75, 3.05) is 57.6 Å². The van der Waals surface area contributed by atoms with E-state index in [-0.39, 0.29) is 22.3 Å². The second kappa shape index (κ2) is 20.7. The predicted octanol–water partition coefficient (Wildman–Crippen LogP) is 7.31. The summed E-state index contributed by atoms with van der Waals surface area (Å²) in [5.74, 6) is -1.31. The summed E-state index contributed by atoms with van der Waals surface area (Å²) in [6.45, 7) is 4.83. The van der Waals surface area contributed by atoms with E-state index in [4.69, 9.17) is 19.5 Å². The van der Waals surface area contributed by atoms with E-state index in [2.05, 4.69) is 33.3 Å². The van der Waals surface area contributed by atoms with Gasteiger partial charge in [-0.05, 0) is 125 Å². The summed E-state index contributed by atoms with van der Waals surface area (Å²) < 4.78 is 87.2. The lowest BCUT2D eigenvalue weighted by Gasteiger charge is -2.23. The molecule has 2 N–H and O–H groups in total. The fourth-order valence-electron chi connectivity index (χ4n) is 8.08. The average Bonchev–Trinajstić information content (AvgIpc) is 3.57. The van der Waals surface area contributed by atoms with Crippen molar-refractivity contribution in [1.29, 1.82) is 5.26 Å². The average molecular weight is 944 g/mol. The number of benzene rings is 3. The number of anilines is 1. The standard InChI is InChI=1S/C48H52F3N7O8S/c1-47(61,45(59)55-35-11-8-33(28-52)40(27-35)48(49,50)51)31-67(62,63)38-14-12-37(13-15-38)65-22-6-4-5-20-56(2)21-7-23-66-43-17-10-34(29-54-43)32-9-16-41-39(26-32)44-42(30-53-41)57(3)46(60)58(44)36-18-24-64-25-19-36/h8-17,26-27,29-30,36,61H,4-7,18-25,31H2,1-3H3,(H,55,59)/t47-/m0/s1. The highest BCUT2D eigenvalue weighted by Crippen LogP contribution is 2.35. The molecule has 7 rings (SSSR count). The molecule has 1 saturated heterocycles. The molecule has 1 aliphatic rings. The summed E-state index contributed by atoms with van der Waals surface area (Å²) in [6, 6.07) is 19.4. The Morgan fingerprint density at radius 1 is 0.940 bits per heavy atom. The minimum absolute atomic E-state index is 0.0488. The molecule has 0 aliphatic carbocycles. The lowest BCUT2D eigenvalue weighted by molar-refractivity contribution is -0.137. The summed E-state index contributed by atoms with van der Waals surface area (Å²) in [7, 11) is -0.379. The lowest BCUT2D eigenvalue weighted by Crippen LogP contribution is -2.45. The number of nitriles is 1. The first-order chi connectivity index (χ1) is 31.9. The van der Waals surface area contributed by atoms with Gasteiger partial charge < -0.3 is 29.5 Å². The van der Waals surface area contributed by atoms with Gasteiger partial charge in [0.1, 0.15) is 5.75 Å². The van der Waals surface area contributed by atoms with Gasteiger partial charge in [-0.3, -0.25) is 18.9 Å². The molecule has 354 valence electrons. The molecule has 6 aromatic rings. The quantitative estimate of drug-likeness (QED) is 0.0772. The number of amides is 1. The van der Waals surface area contributed by atoms with Crippen molar-refractivity contribution in [1.82, 2.24) is 24.0 Å². The number of pyridine rings is 2. The molecule has 0 spiro atoms. The number of unbranched alkanes of at least 4 members (excludes halogenated alkanes) is 2. The maximum atomic E-state index is 13.4. The SMILES string of the molecule is CN(CCCCCOc1ccc(S(=O)(=O)C[C@](C)(O)C(=O)Nc2ccc(C#N)c(C(F)(F)F)c2)cc1)CCCOc1ccc(-c2ccc3ncc4c(c3c2)n(C2CCOCC2)c(=O)n4C)cn1. The predicted molar refractivity (Wildman–Crippen MR) is 246 cm³/mol. The van der Waals surface area contributed by atoms with Gasteiger partial charge in [-0.1, -0.05) is 6.07 Å². The summed E-state index contributed by atoms with van der Waals surface area (Å²) in [5, 5.41) is 22.8. The highest BCUT2D eigenvalue weighted by Gasteiger charge is 2.38. The van der Waals surface area contributed by atoms with Gasteiger partial charge in [0, 0.05) is 61.7 Å². The van der Waals surface area contributed by atoms with Crippen LogP contribution in [0.2, 0.25) is 0 Å². The van der Waals surface area contributed by atoms with Crippen molar-refractivity contribution in [3.63, 3.8) is 0 Å². The number of aliphatic hydroxyl groups is 1. The third kappa shape index (κ3) is 11.6. The topological polar surface area (TPSA) is 191 Å². The van der Waals surface area contributed by atoms with E-state index < -0.39 is 44.4 Å². The molecule has 15 nitrogen and oxygen atoms in total. The molecule has 0 bridgehead atoms. The first kappa shape index (κ1) is 48.6. The molecule has 1 fully saturated rings. The van der Waals surface area contributed by atoms with Gasteiger partial charge in [0.05, 0.1) is 63.8 Å². The van der Waals surface area contributed by atoms with Gasteiger partial charge in [-0.2, -0.15) is 18.4 Å². The zero-order valence-corrected chi connectivity index (χ0v) is 38.2. The van der Waals surface area contributed by atoms with Crippen LogP contribution >= 0.6 is 0 Å². The summed E-state index contributed by atoms with van der Waals surface area (Å²) in [4.78, 5) is 37.4. The number of fused-ring (bicyclic) bond motifs is 3. The van der Waals surface area contributed by atoms with Crippen molar-refractivity contribution in [2.24, 2.45) is 7.05 Å². The number of nitrogens with zero attached hydrogens (tertiary/aromatic N) is 6. The maximum absolute atomic E-state index is 13.4. The van der Waals surface area contributed by atoms with E-state index in [0.29, 0.717) is 44.1 Å². The van der Waals surface area contributed by atoms with E-state index in [1.165, 1.54) is 30.3 Å². The van der Waals surface area contributed by atoms with E-state index in [1.54, 1.807) is 24.0 Å². The number of aromatic nitrogens is 4. The van der Waals surface area contributed by atoms with Crippen LogP contribution in [0.1, 0.15) is 62.6 Å². The molecule has 19 heteroatoms. The molecule has 0 unspecified atom stereocenters. The van der Waals surface area contributed by atoms with Crippen LogP contribution in [0.25, 0.3) is 33.1 Å². The Bertz CT molecular complexity index is 2930. The van der Waals surface area contributed by atoms with Crippen LogP contribution in [-0.2, 0) is 32.6 Å². The largest absolute Gasteiger partial charge is 0.494 e. The van der Waals surface area contributed by atoms with Crippen LogP contribution < -0.4 is 20.5 Å². The third-order valence-electron chi connectivity index (χ3n) is 11.8. The van der Waals surface area contributed by atoms with Crippen LogP contribution in [0.3, 0.4) is 0 Å². The molecular weight excluding hydrogens is 892 g/mol. The molecule has 1 aliphatic heterocycles. The molecule has 4 heterocycles. The molecule has 1 amide bonds. The first-order valence-corrected chi connectivity index (χ1v) is 23.6. The number of ether oxygens (including phenoxy) is 3. The second-order valence-corrected chi connectivity index (χ2v) is 18.9. The normalized spacial score (nSPS) is 14.6. The Morgan fingerprint density at radius 3 is 2.36 bits per heavy atom. The number of aryl methyl sites for hydroxylation is 1. The highest BCUT2D eigenvalue weighted by molar-refractivity contribution is 7.91. The zero-order valence-electron chi connectivity index (χ0n) is 37.4. The Labute approximate surface area is 385 Å². The number of halogens is 3. The van der Waals surface area contributed by atoms with Crippen molar-refractivity contribution in [3.05, 3.63) is 107 Å². The number of nitrogens with one attached hydrogen (secondary N) is 1. The number of sulfone groups is 1. The van der Waals surface area contributed by atoms with Crippen molar-refractivity contribution >= 4 is 43.4 Å². The van der Waals surface area contributed by atoms with Crippen molar-refractivity contribution in [3.8, 4) is 28.8 Å². The van der Waals surface area contributed by atoms with Gasteiger partial charge in [-0.25, -0.2) is 18.2 Å². The number of carbonyl (C=O) groups is 1. The lowest BCUT2D eigenvalue weighted by atomic mass is 10.0. The minimum Gasteiger partial charge on any atom is -0.494 e. The molecule has 1 atom stereocenters. The smallest absolute Gasteiger partial charge is 0.417 e. The number of alkyl halides is 3. The van der Waals surface area contributed by atoms with E-state index in [0.717, 1.165) is 104 Å². The fraction of sp³-hybridized carbons (Fsp3) is 0.396. The Kier molecular flexibility index (Phi) is 15.0. The summed E-state index contributed by atoms with van der Waals surface area (Å²) >= 11 is 0.